The maximum absolute atomic E-state index is 6.32. The van der Waals surface area contributed by atoms with Crippen LogP contribution in [-0.4, -0.2) is 0 Å². The highest BCUT2D eigenvalue weighted by Gasteiger charge is 2.57. The van der Waals surface area contributed by atoms with E-state index in [1.54, 1.807) is 0 Å². The van der Waals surface area contributed by atoms with Crippen LogP contribution < -0.4 is 4.90 Å². The van der Waals surface area contributed by atoms with Gasteiger partial charge in [0.1, 0.15) is 11.2 Å². The third kappa shape index (κ3) is 5.93. The first-order valence-electron chi connectivity index (χ1n) is 24.9. The first-order valence-corrected chi connectivity index (χ1v) is 24.9. The van der Waals surface area contributed by atoms with Crippen LogP contribution in [-0.2, 0) is 10.8 Å². The lowest BCUT2D eigenvalue weighted by molar-refractivity contribution is 0.557. The van der Waals surface area contributed by atoms with E-state index in [0.29, 0.717) is 0 Å². The van der Waals surface area contributed by atoms with E-state index >= 15 is 0 Å². The van der Waals surface area contributed by atoms with Gasteiger partial charge in [0, 0.05) is 27.8 Å². The van der Waals surface area contributed by atoms with Gasteiger partial charge in [0.25, 0.3) is 0 Å². The molecule has 2 unspecified atom stereocenters. The number of fused-ring (bicyclic) bond motifs is 11. The summed E-state index contributed by atoms with van der Waals surface area (Å²) >= 11 is 0. The van der Waals surface area contributed by atoms with Crippen LogP contribution in [0.5, 0.6) is 0 Å². The summed E-state index contributed by atoms with van der Waals surface area (Å²) in [5.41, 5.74) is 22.8. The molecule has 1 heterocycles. The summed E-state index contributed by atoms with van der Waals surface area (Å²) in [6.07, 6.45) is 16.1. The fourth-order valence-corrected chi connectivity index (χ4v) is 12.9. The van der Waals surface area contributed by atoms with Crippen molar-refractivity contribution in [3.63, 3.8) is 0 Å². The number of benzene rings is 9. The predicted molar refractivity (Wildman–Crippen MR) is 290 cm³/mol. The summed E-state index contributed by atoms with van der Waals surface area (Å²) < 4.78 is 6.32. The lowest BCUT2D eigenvalue weighted by Crippen LogP contribution is -2.46. The third-order valence-corrected chi connectivity index (χ3v) is 15.8. The molecule has 0 saturated heterocycles. The second-order valence-corrected chi connectivity index (χ2v) is 19.3. The Labute approximate surface area is 409 Å². The number of hydrogen-bond donors (Lipinski definition) is 0. The van der Waals surface area contributed by atoms with Gasteiger partial charge in [-0.05, 0) is 153 Å². The molecule has 4 aliphatic carbocycles. The molecule has 0 fully saturated rings. The van der Waals surface area contributed by atoms with Gasteiger partial charge in [0.2, 0.25) is 0 Å². The highest BCUT2D eigenvalue weighted by atomic mass is 16.3. The van der Waals surface area contributed by atoms with Crippen molar-refractivity contribution < 1.29 is 4.42 Å². The summed E-state index contributed by atoms with van der Waals surface area (Å²) in [5, 5.41) is 2.28. The van der Waals surface area contributed by atoms with E-state index in [1.807, 2.05) is 12.1 Å². The van der Waals surface area contributed by atoms with Crippen LogP contribution in [0.4, 0.5) is 17.1 Å². The quantitative estimate of drug-likeness (QED) is 0.158. The molecule has 70 heavy (non-hydrogen) atoms. The summed E-state index contributed by atoms with van der Waals surface area (Å²) in [7, 11) is 0. The number of hydrogen-bond acceptors (Lipinski definition) is 2. The third-order valence-electron chi connectivity index (χ3n) is 15.8. The topological polar surface area (TPSA) is 16.4 Å². The van der Waals surface area contributed by atoms with Crippen molar-refractivity contribution in [2.45, 2.75) is 36.5 Å². The Morgan fingerprint density at radius 1 is 0.400 bits per heavy atom. The second kappa shape index (κ2) is 16.1. The first kappa shape index (κ1) is 40.6. The molecule has 14 rings (SSSR count). The fraction of sp³-hybridized carbons (Fsp3) is 0.0882. The molecule has 2 heteroatoms. The molecule has 2 nitrogen and oxygen atoms in total. The number of nitrogens with zero attached hydrogens (tertiary/aromatic N) is 1. The van der Waals surface area contributed by atoms with Gasteiger partial charge in [-0.2, -0.15) is 0 Å². The van der Waals surface area contributed by atoms with E-state index in [1.165, 1.54) is 66.8 Å². The monoisotopic (exact) mass is 895 g/mol. The molecule has 0 amide bonds. The van der Waals surface area contributed by atoms with Gasteiger partial charge in [-0.25, -0.2) is 0 Å². The Kier molecular flexibility index (Phi) is 9.32. The maximum Gasteiger partial charge on any atom is 0.136 e. The zero-order valence-electron chi connectivity index (χ0n) is 38.9. The average Bonchev–Trinajstić information content (AvgIpc) is 3.96. The smallest absolute Gasteiger partial charge is 0.136 e. The molecule has 0 aliphatic heterocycles. The van der Waals surface area contributed by atoms with Crippen LogP contribution in [0.2, 0.25) is 0 Å². The highest BCUT2D eigenvalue weighted by Crippen LogP contribution is 2.67. The molecule has 10 aromatic rings. The van der Waals surface area contributed by atoms with Gasteiger partial charge < -0.3 is 9.32 Å². The van der Waals surface area contributed by atoms with Crippen LogP contribution in [0.1, 0.15) is 53.5 Å². The molecule has 0 bridgehead atoms. The zero-order valence-corrected chi connectivity index (χ0v) is 38.9. The minimum Gasteiger partial charge on any atom is -0.456 e. The molecular weight excluding hydrogens is 847 g/mol. The van der Waals surface area contributed by atoms with Gasteiger partial charge in [-0.3, -0.25) is 0 Å². The predicted octanol–water partition coefficient (Wildman–Crippen LogP) is 17.9. The van der Waals surface area contributed by atoms with E-state index in [4.69, 9.17) is 4.42 Å². The Hall–Kier alpha value is -8.46. The Morgan fingerprint density at radius 2 is 0.986 bits per heavy atom. The lowest BCUT2D eigenvalue weighted by Gasteiger charge is -2.52. The second-order valence-electron chi connectivity index (χ2n) is 19.3. The molecule has 2 atom stereocenters. The van der Waals surface area contributed by atoms with E-state index < -0.39 is 5.41 Å². The van der Waals surface area contributed by atoms with Gasteiger partial charge in [0.05, 0.1) is 10.8 Å². The summed E-state index contributed by atoms with van der Waals surface area (Å²) in [5.74, 6) is 0. The van der Waals surface area contributed by atoms with Crippen LogP contribution >= 0.6 is 0 Å². The van der Waals surface area contributed by atoms with Crippen LogP contribution in [0.25, 0.3) is 55.3 Å². The molecule has 0 N–H and O–H groups in total. The maximum atomic E-state index is 6.32. The highest BCUT2D eigenvalue weighted by molar-refractivity contribution is 6.06. The van der Waals surface area contributed by atoms with E-state index in [9.17, 15) is 0 Å². The molecular formula is C68H49NO. The SMILES string of the molecule is C1=CCCC(C2(c3ccccc3)C3=C(C=CCC3)C3(c4ccccc4-c4cc(N(c5ccc(-c6ccccc6)cc5)c5ccc(-c6ccc7c(c6)oc6ccccc67)cc5)ccc43)c3ccccc32)=C1. The van der Waals surface area contributed by atoms with Crippen molar-refractivity contribution in [3.8, 4) is 33.4 Å². The van der Waals surface area contributed by atoms with E-state index in [-0.39, 0.29) is 5.41 Å². The lowest BCUT2D eigenvalue weighted by atomic mass is 9.49. The average molecular weight is 896 g/mol. The van der Waals surface area contributed by atoms with Crippen molar-refractivity contribution in [1.82, 2.24) is 0 Å². The van der Waals surface area contributed by atoms with Gasteiger partial charge in [0.15, 0.2) is 0 Å². The number of allylic oxidation sites excluding steroid dienone is 8. The van der Waals surface area contributed by atoms with Gasteiger partial charge >= 0.3 is 0 Å². The number of rotatable bonds is 7. The Bertz CT molecular complexity index is 3810. The molecule has 1 spiro atoms. The largest absolute Gasteiger partial charge is 0.456 e. The Morgan fingerprint density at radius 3 is 1.74 bits per heavy atom. The van der Waals surface area contributed by atoms with Crippen LogP contribution in [0.3, 0.4) is 0 Å². The number of para-hydroxylation sites is 1. The number of anilines is 3. The van der Waals surface area contributed by atoms with Crippen molar-refractivity contribution in [3.05, 3.63) is 293 Å². The van der Waals surface area contributed by atoms with Crippen LogP contribution in [0.15, 0.2) is 270 Å². The summed E-state index contributed by atoms with van der Waals surface area (Å²) in [6, 6.07) is 81.1. The standard InChI is InChI=1S/C68H49NO/c1-4-18-46(19-5-1)47-32-37-52(38-33-47)69(53-39-34-48(35-40-53)49-36-42-57-56-25-11-17-31-65(56)70-66(57)44-49)54-41-43-60-58(45-54)55-24-10-12-26-59(55)68(60)63-29-15-13-27-61(63)67(50-20-6-2-7-21-50,51-22-8-3-9-23-51)62-28-14-16-30-64(62)68/h1-8,10-13,15-22,24-27,29-45H,9,14,23,28H2. The molecule has 0 saturated carbocycles. The number of furan rings is 1. The van der Waals surface area contributed by atoms with Gasteiger partial charge in [-0.1, -0.05) is 200 Å². The van der Waals surface area contributed by atoms with Gasteiger partial charge in [-0.15, -0.1) is 0 Å². The normalized spacial score (nSPS) is 18.7. The van der Waals surface area contributed by atoms with Crippen molar-refractivity contribution in [2.75, 3.05) is 4.90 Å². The van der Waals surface area contributed by atoms with Crippen molar-refractivity contribution in [2.24, 2.45) is 0 Å². The molecule has 332 valence electrons. The molecule has 1 aromatic heterocycles. The summed E-state index contributed by atoms with van der Waals surface area (Å²) in [6.45, 7) is 0. The van der Waals surface area contributed by atoms with Crippen LogP contribution in [0, 0.1) is 0 Å². The minimum atomic E-state index is -0.499. The Balaban J connectivity index is 0.958. The molecule has 4 aliphatic rings. The molecule has 0 radical (unpaired) electrons. The molecule has 9 aromatic carbocycles. The summed E-state index contributed by atoms with van der Waals surface area (Å²) in [4.78, 5) is 2.43. The van der Waals surface area contributed by atoms with E-state index in [0.717, 1.165) is 75.8 Å². The van der Waals surface area contributed by atoms with E-state index in [2.05, 4.69) is 242 Å². The van der Waals surface area contributed by atoms with Crippen molar-refractivity contribution in [1.29, 1.82) is 0 Å². The first-order chi connectivity index (χ1) is 34.7. The van der Waals surface area contributed by atoms with Crippen molar-refractivity contribution >= 4 is 39.0 Å². The minimum absolute atomic E-state index is 0.377. The zero-order chi connectivity index (χ0) is 46.2. The fourth-order valence-electron chi connectivity index (χ4n) is 12.9.